The minimum absolute atomic E-state index is 0.145. The van der Waals surface area contributed by atoms with E-state index in [1.807, 2.05) is 0 Å². The molecule has 1 N–H and O–H groups in total. The number of ether oxygens (including phenoxy) is 4. The summed E-state index contributed by atoms with van der Waals surface area (Å²) >= 11 is 3.35. The Hall–Kier alpha value is -1.35. The summed E-state index contributed by atoms with van der Waals surface area (Å²) in [5, 5.41) is 2.60. The molecule has 28 heavy (non-hydrogen) atoms. The lowest BCUT2D eigenvalue weighted by atomic mass is 9.83. The smallest absolute Gasteiger partial charge is 0.407 e. The number of carbonyl (C=O) groups is 3. The third-order valence-corrected chi connectivity index (χ3v) is 4.10. The Labute approximate surface area is 176 Å². The summed E-state index contributed by atoms with van der Waals surface area (Å²) in [4.78, 5) is 36.1. The Morgan fingerprint density at radius 2 is 1.46 bits per heavy atom. The first kappa shape index (κ1) is 26.6. The van der Waals surface area contributed by atoms with Crippen molar-refractivity contribution in [3.05, 3.63) is 0 Å². The highest BCUT2D eigenvalue weighted by Gasteiger charge is 2.42. The van der Waals surface area contributed by atoms with Crippen LogP contribution in [0.15, 0.2) is 0 Å². The molecule has 0 spiro atoms. The van der Waals surface area contributed by atoms with Gasteiger partial charge in [-0.15, -0.1) is 0 Å². The standard InChI is InChI=1S/C19H34BrNO7/c1-17(2,3)28-16(24)21-9-8-10-26-14(22)18(4,5)13-19(6,20)15(23)27-12-11-25-7/h8-13H2,1-7H3,(H,21,24). The van der Waals surface area contributed by atoms with Crippen molar-refractivity contribution in [2.24, 2.45) is 5.41 Å². The molecule has 0 aliphatic carbocycles. The summed E-state index contributed by atoms with van der Waals surface area (Å²) < 4.78 is 19.4. The highest BCUT2D eigenvalue weighted by Crippen LogP contribution is 2.35. The number of amides is 1. The number of halogens is 1. The van der Waals surface area contributed by atoms with Gasteiger partial charge in [0.15, 0.2) is 0 Å². The first-order valence-corrected chi connectivity index (χ1v) is 10.00. The van der Waals surface area contributed by atoms with Gasteiger partial charge in [0.2, 0.25) is 0 Å². The fraction of sp³-hybridized carbons (Fsp3) is 0.842. The number of hydrogen-bond donors (Lipinski definition) is 1. The van der Waals surface area contributed by atoms with Crippen LogP contribution < -0.4 is 5.32 Å². The number of esters is 2. The van der Waals surface area contributed by atoms with Crippen molar-refractivity contribution in [1.82, 2.24) is 5.32 Å². The van der Waals surface area contributed by atoms with Gasteiger partial charge < -0.3 is 24.3 Å². The van der Waals surface area contributed by atoms with Crippen molar-refractivity contribution in [2.75, 3.05) is 33.5 Å². The molecule has 0 radical (unpaired) electrons. The Morgan fingerprint density at radius 1 is 0.893 bits per heavy atom. The maximum Gasteiger partial charge on any atom is 0.407 e. The second kappa shape index (κ2) is 11.6. The van der Waals surface area contributed by atoms with E-state index < -0.39 is 33.4 Å². The molecule has 0 rings (SSSR count). The number of carbonyl (C=O) groups excluding carboxylic acids is 3. The number of alkyl halides is 1. The van der Waals surface area contributed by atoms with E-state index in [4.69, 9.17) is 18.9 Å². The molecule has 0 saturated carbocycles. The van der Waals surface area contributed by atoms with Crippen molar-refractivity contribution in [3.63, 3.8) is 0 Å². The average Bonchev–Trinajstić information content (AvgIpc) is 2.51. The molecule has 1 atom stereocenters. The van der Waals surface area contributed by atoms with Crippen molar-refractivity contribution in [1.29, 1.82) is 0 Å². The van der Waals surface area contributed by atoms with Gasteiger partial charge in [0.1, 0.15) is 16.5 Å². The van der Waals surface area contributed by atoms with Crippen LogP contribution in [0.5, 0.6) is 0 Å². The van der Waals surface area contributed by atoms with E-state index in [1.165, 1.54) is 7.11 Å². The summed E-state index contributed by atoms with van der Waals surface area (Å²) in [6, 6.07) is 0. The Bertz CT molecular complexity index is 527. The SMILES string of the molecule is COCCOC(=O)C(C)(Br)CC(C)(C)C(=O)OCCCNC(=O)OC(C)(C)C. The molecule has 0 bridgehead atoms. The zero-order valence-electron chi connectivity index (χ0n) is 18.0. The van der Waals surface area contributed by atoms with Crippen LogP contribution in [-0.2, 0) is 28.5 Å². The van der Waals surface area contributed by atoms with Crippen molar-refractivity contribution >= 4 is 34.0 Å². The van der Waals surface area contributed by atoms with Gasteiger partial charge in [-0.05, 0) is 54.4 Å². The van der Waals surface area contributed by atoms with Crippen molar-refractivity contribution < 1.29 is 33.3 Å². The third kappa shape index (κ3) is 11.5. The number of rotatable bonds is 11. The van der Waals surface area contributed by atoms with Crippen LogP contribution in [0.3, 0.4) is 0 Å². The molecular weight excluding hydrogens is 434 g/mol. The zero-order valence-corrected chi connectivity index (χ0v) is 19.6. The molecule has 0 fully saturated rings. The van der Waals surface area contributed by atoms with Gasteiger partial charge in [0.25, 0.3) is 0 Å². The van der Waals surface area contributed by atoms with Gasteiger partial charge >= 0.3 is 18.0 Å². The van der Waals surface area contributed by atoms with E-state index in [0.717, 1.165) is 0 Å². The van der Waals surface area contributed by atoms with Crippen LogP contribution in [0.1, 0.15) is 54.4 Å². The zero-order chi connectivity index (χ0) is 22.0. The van der Waals surface area contributed by atoms with Crippen molar-refractivity contribution in [2.45, 2.75) is 64.3 Å². The van der Waals surface area contributed by atoms with Crippen LogP contribution >= 0.6 is 15.9 Å². The molecule has 9 heteroatoms. The Morgan fingerprint density at radius 3 is 2.00 bits per heavy atom. The van der Waals surface area contributed by atoms with Gasteiger partial charge in [0.05, 0.1) is 18.6 Å². The molecular formula is C19H34BrNO7. The molecule has 8 nitrogen and oxygen atoms in total. The second-order valence-electron chi connectivity index (χ2n) is 8.30. The number of hydrogen-bond acceptors (Lipinski definition) is 7. The molecule has 0 aromatic rings. The van der Waals surface area contributed by atoms with Crippen LogP contribution in [0.4, 0.5) is 4.79 Å². The van der Waals surface area contributed by atoms with Gasteiger partial charge in [-0.2, -0.15) is 0 Å². The Balaban J connectivity index is 4.33. The largest absolute Gasteiger partial charge is 0.465 e. The lowest BCUT2D eigenvalue weighted by molar-refractivity contribution is -0.156. The Kier molecular flexibility index (Phi) is 11.0. The number of nitrogens with one attached hydrogen (secondary N) is 1. The lowest BCUT2D eigenvalue weighted by Crippen LogP contribution is -2.40. The normalized spacial score (nSPS) is 14.0. The highest BCUT2D eigenvalue weighted by molar-refractivity contribution is 9.10. The van der Waals surface area contributed by atoms with Crippen molar-refractivity contribution in [3.8, 4) is 0 Å². The lowest BCUT2D eigenvalue weighted by Gasteiger charge is -2.30. The van der Waals surface area contributed by atoms with E-state index in [9.17, 15) is 14.4 Å². The summed E-state index contributed by atoms with van der Waals surface area (Å²) in [7, 11) is 1.52. The van der Waals surface area contributed by atoms with Gasteiger partial charge in [-0.25, -0.2) is 4.79 Å². The maximum atomic E-state index is 12.4. The first-order chi connectivity index (χ1) is 12.7. The molecule has 0 aliphatic heterocycles. The van der Waals surface area contributed by atoms with Gasteiger partial charge in [-0.3, -0.25) is 9.59 Å². The molecule has 0 heterocycles. The van der Waals surface area contributed by atoms with Gasteiger partial charge in [-0.1, -0.05) is 15.9 Å². The molecule has 164 valence electrons. The minimum Gasteiger partial charge on any atom is -0.465 e. The summed E-state index contributed by atoms with van der Waals surface area (Å²) in [5.74, 6) is -0.896. The summed E-state index contributed by atoms with van der Waals surface area (Å²) in [6.07, 6.45) is 0.133. The second-order valence-corrected chi connectivity index (χ2v) is 10.1. The molecule has 0 aliphatic rings. The minimum atomic E-state index is -1.03. The molecule has 1 amide bonds. The highest BCUT2D eigenvalue weighted by atomic mass is 79.9. The van der Waals surface area contributed by atoms with Crippen LogP contribution in [-0.4, -0.2) is 61.4 Å². The predicted octanol–water partition coefficient (Wildman–Crippen LogP) is 3.20. The van der Waals surface area contributed by atoms with E-state index in [2.05, 4.69) is 21.2 Å². The van der Waals surface area contributed by atoms with Gasteiger partial charge in [0, 0.05) is 13.7 Å². The van der Waals surface area contributed by atoms with Crippen LogP contribution in [0.2, 0.25) is 0 Å². The molecule has 0 saturated heterocycles. The fourth-order valence-electron chi connectivity index (χ4n) is 2.28. The quantitative estimate of drug-likeness (QED) is 0.215. The predicted molar refractivity (Wildman–Crippen MR) is 108 cm³/mol. The maximum absolute atomic E-state index is 12.4. The number of methoxy groups -OCH3 is 1. The van der Waals surface area contributed by atoms with E-state index >= 15 is 0 Å². The van der Waals surface area contributed by atoms with Crippen LogP contribution in [0, 0.1) is 5.41 Å². The van der Waals surface area contributed by atoms with E-state index in [1.54, 1.807) is 41.5 Å². The van der Waals surface area contributed by atoms with Crippen LogP contribution in [0.25, 0.3) is 0 Å². The summed E-state index contributed by atoms with van der Waals surface area (Å²) in [5.41, 5.74) is -1.47. The fourth-order valence-corrected chi connectivity index (χ4v) is 3.09. The topological polar surface area (TPSA) is 100 Å². The monoisotopic (exact) mass is 467 g/mol. The molecule has 1 unspecified atom stereocenters. The molecule has 0 aromatic heterocycles. The summed E-state index contributed by atoms with van der Waals surface area (Å²) in [6.45, 7) is 11.3. The first-order valence-electron chi connectivity index (χ1n) is 9.20. The van der Waals surface area contributed by atoms with E-state index in [-0.39, 0.29) is 19.6 Å². The average molecular weight is 468 g/mol. The number of alkyl carbamates (subject to hydrolysis) is 1. The van der Waals surface area contributed by atoms with E-state index in [0.29, 0.717) is 19.6 Å². The third-order valence-electron chi connectivity index (χ3n) is 3.50. The molecule has 0 aromatic carbocycles.